The summed E-state index contributed by atoms with van der Waals surface area (Å²) in [5.74, 6) is 0.0765. The largest absolute Gasteiger partial charge is 0.381 e. The Bertz CT molecular complexity index is 977. The van der Waals surface area contributed by atoms with Gasteiger partial charge in [-0.15, -0.1) is 5.10 Å². The van der Waals surface area contributed by atoms with Crippen LogP contribution in [0.2, 0.25) is 0 Å². The van der Waals surface area contributed by atoms with Crippen LogP contribution in [0.3, 0.4) is 0 Å². The molecule has 0 N–H and O–H groups in total. The first-order valence-electron chi connectivity index (χ1n) is 9.29. The number of anilines is 1. The van der Waals surface area contributed by atoms with Crippen molar-refractivity contribution in [3.05, 3.63) is 48.0 Å². The molecule has 1 aromatic carbocycles. The first-order valence-corrected chi connectivity index (χ1v) is 9.29. The minimum absolute atomic E-state index is 0.348. The number of hydrogen-bond acceptors (Lipinski definition) is 4. The van der Waals surface area contributed by atoms with Crippen molar-refractivity contribution < 1.29 is 13.5 Å². The summed E-state index contributed by atoms with van der Waals surface area (Å²) in [5, 5.41) is 5.32. The second kappa shape index (κ2) is 6.56. The Labute approximate surface area is 155 Å². The van der Waals surface area contributed by atoms with Crippen molar-refractivity contribution >= 4 is 16.7 Å². The Hall–Kier alpha value is -2.54. The summed E-state index contributed by atoms with van der Waals surface area (Å²) in [7, 11) is 0. The van der Waals surface area contributed by atoms with E-state index in [9.17, 15) is 8.78 Å². The van der Waals surface area contributed by atoms with Crippen LogP contribution in [0.4, 0.5) is 14.5 Å². The van der Waals surface area contributed by atoms with Crippen LogP contribution in [0.15, 0.2) is 36.7 Å². The van der Waals surface area contributed by atoms with Crippen molar-refractivity contribution in [1.82, 2.24) is 14.8 Å². The zero-order valence-corrected chi connectivity index (χ0v) is 14.8. The Morgan fingerprint density at radius 1 is 1.11 bits per heavy atom. The molecule has 2 aromatic heterocycles. The number of rotatable bonds is 3. The van der Waals surface area contributed by atoms with E-state index < -0.39 is 6.17 Å². The maximum atomic E-state index is 14.4. The molecular weight excluding hydrogens is 350 g/mol. The third-order valence-corrected chi connectivity index (χ3v) is 5.45. The van der Waals surface area contributed by atoms with Gasteiger partial charge in [0, 0.05) is 36.7 Å². The minimum atomic E-state index is -0.807. The zero-order chi connectivity index (χ0) is 18.4. The van der Waals surface area contributed by atoms with Crippen LogP contribution < -0.4 is 4.90 Å². The van der Waals surface area contributed by atoms with Crippen molar-refractivity contribution in [2.45, 2.75) is 24.9 Å². The molecule has 27 heavy (non-hydrogen) atoms. The van der Waals surface area contributed by atoms with Crippen LogP contribution in [0.1, 0.15) is 24.3 Å². The molecular formula is C20H20F2N4O. The molecule has 5 rings (SSSR count). The van der Waals surface area contributed by atoms with Crippen LogP contribution in [0, 0.1) is 5.82 Å². The van der Waals surface area contributed by atoms with Gasteiger partial charge in [-0.05, 0) is 48.6 Å². The number of nitrogens with zero attached hydrogens (tertiary/aromatic N) is 4. The number of halogens is 2. The van der Waals surface area contributed by atoms with Crippen LogP contribution >= 0.6 is 0 Å². The van der Waals surface area contributed by atoms with Gasteiger partial charge < -0.3 is 9.64 Å². The Kier molecular flexibility index (Phi) is 4.04. The fourth-order valence-electron chi connectivity index (χ4n) is 3.82. The van der Waals surface area contributed by atoms with E-state index in [0.29, 0.717) is 30.3 Å². The van der Waals surface area contributed by atoms with E-state index in [2.05, 4.69) is 16.1 Å². The van der Waals surface area contributed by atoms with Gasteiger partial charge in [-0.3, -0.25) is 0 Å². The first kappa shape index (κ1) is 16.6. The van der Waals surface area contributed by atoms with Crippen molar-refractivity contribution in [3.63, 3.8) is 0 Å². The highest BCUT2D eigenvalue weighted by molar-refractivity contribution is 5.75. The number of aromatic nitrogens is 3. The van der Waals surface area contributed by atoms with Crippen molar-refractivity contribution in [3.8, 4) is 5.69 Å². The lowest BCUT2D eigenvalue weighted by atomic mass is 9.93. The average molecular weight is 370 g/mol. The monoisotopic (exact) mass is 370 g/mol. The minimum Gasteiger partial charge on any atom is -0.381 e. The maximum absolute atomic E-state index is 14.4. The number of pyridine rings is 1. The highest BCUT2D eigenvalue weighted by atomic mass is 19.1. The van der Waals surface area contributed by atoms with E-state index in [0.717, 1.165) is 37.1 Å². The molecule has 0 aliphatic carbocycles. The first-order chi connectivity index (χ1) is 13.2. The topological polar surface area (TPSA) is 43.2 Å². The second-order valence-corrected chi connectivity index (χ2v) is 7.28. The molecule has 0 radical (unpaired) electrons. The molecule has 140 valence electrons. The molecule has 4 heterocycles. The lowest BCUT2D eigenvalue weighted by molar-refractivity contribution is 0.0853. The molecule has 5 nitrogen and oxygen atoms in total. The normalized spacial score (nSPS) is 18.8. The molecule has 0 bridgehead atoms. The number of benzene rings is 1. The predicted molar refractivity (Wildman–Crippen MR) is 98.7 cm³/mol. The molecule has 0 atom stereocenters. The summed E-state index contributed by atoms with van der Waals surface area (Å²) in [6.45, 7) is 2.25. The molecule has 0 spiro atoms. The van der Waals surface area contributed by atoms with Gasteiger partial charge in [0.05, 0.1) is 13.1 Å². The van der Waals surface area contributed by atoms with E-state index in [4.69, 9.17) is 4.74 Å². The summed E-state index contributed by atoms with van der Waals surface area (Å²) in [4.78, 5) is 6.36. The fraction of sp³-hybridized carbons (Fsp3) is 0.400. The van der Waals surface area contributed by atoms with E-state index in [1.54, 1.807) is 18.3 Å². The number of ether oxygens (including phenoxy) is 1. The molecule has 2 fully saturated rings. The van der Waals surface area contributed by atoms with Crippen molar-refractivity contribution in [2.75, 3.05) is 31.2 Å². The smallest absolute Gasteiger partial charge is 0.181 e. The van der Waals surface area contributed by atoms with E-state index in [1.165, 1.54) is 16.3 Å². The number of alkyl halides is 1. The molecule has 3 aromatic rings. The average Bonchev–Trinajstić information content (AvgIpc) is 3.10. The third-order valence-electron chi connectivity index (χ3n) is 5.45. The van der Waals surface area contributed by atoms with Gasteiger partial charge in [0.25, 0.3) is 0 Å². The van der Waals surface area contributed by atoms with Crippen LogP contribution in [-0.2, 0) is 4.74 Å². The lowest BCUT2D eigenvalue weighted by Gasteiger charge is -2.36. The summed E-state index contributed by atoms with van der Waals surface area (Å²) in [6.07, 6.45) is 4.84. The molecule has 2 aliphatic heterocycles. The molecule has 2 saturated heterocycles. The van der Waals surface area contributed by atoms with E-state index >= 15 is 0 Å². The summed E-state index contributed by atoms with van der Waals surface area (Å²) in [5.41, 5.74) is 2.91. The van der Waals surface area contributed by atoms with Gasteiger partial charge in [-0.1, -0.05) is 0 Å². The second-order valence-electron chi connectivity index (χ2n) is 7.28. The molecule has 0 saturated carbocycles. The number of hydrogen-bond donors (Lipinski definition) is 0. The highest BCUT2D eigenvalue weighted by Crippen LogP contribution is 2.30. The zero-order valence-electron chi connectivity index (χ0n) is 14.8. The molecule has 0 unspecified atom stereocenters. The summed E-state index contributed by atoms with van der Waals surface area (Å²) in [6, 6.07) is 6.89. The highest BCUT2D eigenvalue weighted by Gasteiger charge is 2.27. The Morgan fingerprint density at radius 2 is 1.93 bits per heavy atom. The van der Waals surface area contributed by atoms with Crippen LogP contribution in [0.5, 0.6) is 0 Å². The van der Waals surface area contributed by atoms with Gasteiger partial charge in [0.2, 0.25) is 0 Å². The summed E-state index contributed by atoms with van der Waals surface area (Å²) >= 11 is 0. The van der Waals surface area contributed by atoms with E-state index in [1.807, 2.05) is 11.1 Å². The van der Waals surface area contributed by atoms with Crippen molar-refractivity contribution in [2.24, 2.45) is 0 Å². The molecule has 2 aliphatic rings. The standard InChI is InChI=1S/C20H20F2N4O/c21-16-11-25(12-16)17-1-2-18(22)19(8-17)26-10-15-7-14(9-23-20(15)24-26)13-3-5-27-6-4-13/h1-2,7-10,13,16H,3-6,11-12H2. The van der Waals surface area contributed by atoms with Gasteiger partial charge in [-0.2, -0.15) is 0 Å². The summed E-state index contributed by atoms with van der Waals surface area (Å²) < 4.78 is 34.5. The van der Waals surface area contributed by atoms with Crippen LogP contribution in [0.25, 0.3) is 16.7 Å². The Balaban J connectivity index is 1.48. The van der Waals surface area contributed by atoms with Crippen LogP contribution in [-0.4, -0.2) is 47.2 Å². The SMILES string of the molecule is Fc1ccc(N2CC(F)C2)cc1-n1cc2cc(C3CCOCC3)cnc2n1. The van der Waals surface area contributed by atoms with Gasteiger partial charge >= 0.3 is 0 Å². The fourth-order valence-corrected chi connectivity index (χ4v) is 3.82. The van der Waals surface area contributed by atoms with E-state index in [-0.39, 0.29) is 5.82 Å². The van der Waals surface area contributed by atoms with Gasteiger partial charge in [0.1, 0.15) is 17.7 Å². The Morgan fingerprint density at radius 3 is 2.70 bits per heavy atom. The van der Waals surface area contributed by atoms with Gasteiger partial charge in [0.15, 0.2) is 5.65 Å². The molecule has 7 heteroatoms. The molecule has 0 amide bonds. The predicted octanol–water partition coefficient (Wildman–Crippen LogP) is 3.61. The quantitative estimate of drug-likeness (QED) is 0.706. The lowest BCUT2D eigenvalue weighted by Crippen LogP contribution is -2.48. The van der Waals surface area contributed by atoms with Gasteiger partial charge in [-0.25, -0.2) is 18.4 Å². The number of fused-ring (bicyclic) bond motifs is 1. The maximum Gasteiger partial charge on any atom is 0.181 e. The van der Waals surface area contributed by atoms with Crippen molar-refractivity contribution in [1.29, 1.82) is 0 Å². The third kappa shape index (κ3) is 3.06.